The van der Waals surface area contributed by atoms with E-state index in [1.807, 2.05) is 6.92 Å². The van der Waals surface area contributed by atoms with Gasteiger partial charge < -0.3 is 10.2 Å². The Morgan fingerprint density at radius 2 is 2.00 bits per heavy atom. The molecule has 9 nitrogen and oxygen atoms in total. The van der Waals surface area contributed by atoms with Crippen LogP contribution < -0.4 is 15.1 Å². The highest BCUT2D eigenvalue weighted by molar-refractivity contribution is 7.15. The van der Waals surface area contributed by atoms with Crippen molar-refractivity contribution in [2.24, 2.45) is 5.92 Å². The molecular formula is C18H23N7O2S. The van der Waals surface area contributed by atoms with Crippen molar-refractivity contribution in [3.63, 3.8) is 0 Å². The predicted molar refractivity (Wildman–Crippen MR) is 105 cm³/mol. The zero-order chi connectivity index (χ0) is 19.5. The van der Waals surface area contributed by atoms with E-state index < -0.39 is 0 Å². The SMILES string of the molecule is CCc1nnc(N2CC(C(=O)NC3CCN(c4ncccn4)CC3)CC2=O)s1. The highest BCUT2D eigenvalue weighted by Gasteiger charge is 2.37. The van der Waals surface area contributed by atoms with E-state index in [-0.39, 0.29) is 30.2 Å². The van der Waals surface area contributed by atoms with E-state index in [1.165, 1.54) is 11.3 Å². The second-order valence-corrected chi connectivity index (χ2v) is 8.10. The third-order valence-electron chi connectivity index (χ3n) is 5.16. The topological polar surface area (TPSA) is 104 Å². The summed E-state index contributed by atoms with van der Waals surface area (Å²) in [5.74, 6) is 0.283. The van der Waals surface area contributed by atoms with Gasteiger partial charge in [0.2, 0.25) is 22.9 Å². The molecule has 2 saturated heterocycles. The van der Waals surface area contributed by atoms with Crippen molar-refractivity contribution in [1.82, 2.24) is 25.5 Å². The molecule has 4 rings (SSSR count). The number of amides is 2. The average Bonchev–Trinajstić information content (AvgIpc) is 3.35. The van der Waals surface area contributed by atoms with E-state index in [0.717, 1.165) is 43.3 Å². The van der Waals surface area contributed by atoms with Gasteiger partial charge in [0.1, 0.15) is 5.01 Å². The van der Waals surface area contributed by atoms with Crippen LogP contribution in [0.25, 0.3) is 0 Å². The molecule has 1 N–H and O–H groups in total. The fourth-order valence-corrected chi connectivity index (χ4v) is 4.37. The van der Waals surface area contributed by atoms with Gasteiger partial charge in [0, 0.05) is 44.5 Å². The Kier molecular flexibility index (Phi) is 5.47. The van der Waals surface area contributed by atoms with E-state index in [9.17, 15) is 9.59 Å². The van der Waals surface area contributed by atoms with Crippen LogP contribution in [-0.4, -0.2) is 57.7 Å². The number of hydrogen-bond acceptors (Lipinski definition) is 8. The highest BCUT2D eigenvalue weighted by Crippen LogP contribution is 2.28. The molecule has 0 spiro atoms. The molecular weight excluding hydrogens is 378 g/mol. The lowest BCUT2D eigenvalue weighted by atomic mass is 10.0. The van der Waals surface area contributed by atoms with E-state index in [0.29, 0.717) is 11.7 Å². The summed E-state index contributed by atoms with van der Waals surface area (Å²) in [5.41, 5.74) is 0. The van der Waals surface area contributed by atoms with Gasteiger partial charge in [-0.25, -0.2) is 9.97 Å². The first kappa shape index (κ1) is 18.7. The fourth-order valence-electron chi connectivity index (χ4n) is 3.56. The van der Waals surface area contributed by atoms with Gasteiger partial charge in [-0.1, -0.05) is 18.3 Å². The van der Waals surface area contributed by atoms with Crippen LogP contribution >= 0.6 is 11.3 Å². The maximum atomic E-state index is 12.7. The van der Waals surface area contributed by atoms with Gasteiger partial charge in [-0.3, -0.25) is 14.5 Å². The summed E-state index contributed by atoms with van der Waals surface area (Å²) in [6.07, 6.45) is 6.16. The predicted octanol–water partition coefficient (Wildman–Crippen LogP) is 1.03. The maximum Gasteiger partial charge on any atom is 0.229 e. The summed E-state index contributed by atoms with van der Waals surface area (Å²) in [7, 11) is 0. The Balaban J connectivity index is 1.29. The summed E-state index contributed by atoms with van der Waals surface area (Å²) in [6, 6.07) is 1.91. The molecule has 2 aromatic heterocycles. The van der Waals surface area contributed by atoms with Crippen LogP contribution in [0.3, 0.4) is 0 Å². The Morgan fingerprint density at radius 3 is 2.68 bits per heavy atom. The van der Waals surface area contributed by atoms with Crippen molar-refractivity contribution in [3.05, 3.63) is 23.5 Å². The number of nitrogens with one attached hydrogen (secondary N) is 1. The number of nitrogens with zero attached hydrogens (tertiary/aromatic N) is 6. The summed E-state index contributed by atoms with van der Waals surface area (Å²) in [4.78, 5) is 37.3. The monoisotopic (exact) mass is 401 g/mol. The van der Waals surface area contributed by atoms with Crippen LogP contribution in [0.15, 0.2) is 18.5 Å². The second-order valence-electron chi connectivity index (χ2n) is 7.06. The van der Waals surface area contributed by atoms with Crippen molar-refractivity contribution in [2.75, 3.05) is 29.4 Å². The third-order valence-corrected chi connectivity index (χ3v) is 6.25. The van der Waals surface area contributed by atoms with E-state index in [1.54, 1.807) is 23.4 Å². The molecule has 1 atom stereocenters. The van der Waals surface area contributed by atoms with Gasteiger partial charge in [0.25, 0.3) is 0 Å². The number of aromatic nitrogens is 4. The molecule has 2 fully saturated rings. The number of carbonyl (C=O) groups is 2. The summed E-state index contributed by atoms with van der Waals surface area (Å²) >= 11 is 1.42. The smallest absolute Gasteiger partial charge is 0.229 e. The largest absolute Gasteiger partial charge is 0.353 e. The molecule has 148 valence electrons. The minimum absolute atomic E-state index is 0.0505. The van der Waals surface area contributed by atoms with Crippen LogP contribution in [0, 0.1) is 5.92 Å². The minimum atomic E-state index is -0.336. The van der Waals surface area contributed by atoms with Crippen LogP contribution in [0.5, 0.6) is 0 Å². The molecule has 0 aliphatic carbocycles. The number of carbonyl (C=O) groups excluding carboxylic acids is 2. The highest BCUT2D eigenvalue weighted by atomic mass is 32.1. The lowest BCUT2D eigenvalue weighted by molar-refractivity contribution is -0.127. The Morgan fingerprint density at radius 1 is 1.25 bits per heavy atom. The molecule has 4 heterocycles. The van der Waals surface area contributed by atoms with Gasteiger partial charge in [-0.05, 0) is 25.3 Å². The molecule has 0 saturated carbocycles. The van der Waals surface area contributed by atoms with Crippen molar-refractivity contribution in [3.8, 4) is 0 Å². The van der Waals surface area contributed by atoms with Gasteiger partial charge in [0.05, 0.1) is 5.92 Å². The lowest BCUT2D eigenvalue weighted by Gasteiger charge is -2.32. The van der Waals surface area contributed by atoms with Crippen LogP contribution in [0.4, 0.5) is 11.1 Å². The molecule has 2 amide bonds. The molecule has 1 unspecified atom stereocenters. The normalized spacial score (nSPS) is 20.6. The van der Waals surface area contributed by atoms with Gasteiger partial charge in [0.15, 0.2) is 0 Å². The molecule has 2 aliphatic rings. The first-order valence-corrected chi connectivity index (χ1v) is 10.4. The molecule has 0 bridgehead atoms. The van der Waals surface area contributed by atoms with Crippen LogP contribution in [0.2, 0.25) is 0 Å². The summed E-state index contributed by atoms with van der Waals surface area (Å²) in [5, 5.41) is 12.8. The summed E-state index contributed by atoms with van der Waals surface area (Å²) in [6.45, 7) is 3.98. The van der Waals surface area contributed by atoms with E-state index in [2.05, 4.69) is 30.4 Å². The zero-order valence-corrected chi connectivity index (χ0v) is 16.6. The standard InChI is InChI=1S/C18H23N7O2S/c1-2-14-22-23-18(28-14)25-11-12(10-15(25)26)16(27)21-13-4-8-24(9-5-13)17-19-6-3-7-20-17/h3,6-7,12-13H,2,4-5,8-11H2,1H3,(H,21,27). The first-order valence-electron chi connectivity index (χ1n) is 9.59. The third kappa shape index (κ3) is 3.96. The van der Waals surface area contributed by atoms with Crippen molar-refractivity contribution in [1.29, 1.82) is 0 Å². The number of piperidine rings is 1. The van der Waals surface area contributed by atoms with Crippen LogP contribution in [0.1, 0.15) is 31.2 Å². The Bertz CT molecular complexity index is 835. The lowest BCUT2D eigenvalue weighted by Crippen LogP contribution is -2.47. The number of anilines is 2. The maximum absolute atomic E-state index is 12.7. The first-order chi connectivity index (χ1) is 13.6. The van der Waals surface area contributed by atoms with Crippen LogP contribution in [-0.2, 0) is 16.0 Å². The number of aryl methyl sites for hydroxylation is 1. The molecule has 2 aromatic rings. The number of hydrogen-bond donors (Lipinski definition) is 1. The quantitative estimate of drug-likeness (QED) is 0.798. The van der Waals surface area contributed by atoms with Crippen molar-refractivity contribution in [2.45, 2.75) is 38.6 Å². The molecule has 0 aromatic carbocycles. The minimum Gasteiger partial charge on any atom is -0.353 e. The van der Waals surface area contributed by atoms with Gasteiger partial charge >= 0.3 is 0 Å². The summed E-state index contributed by atoms with van der Waals surface area (Å²) < 4.78 is 0. The molecule has 28 heavy (non-hydrogen) atoms. The second kappa shape index (κ2) is 8.17. The Labute approximate surface area is 167 Å². The molecule has 2 aliphatic heterocycles. The average molecular weight is 401 g/mol. The molecule has 0 radical (unpaired) electrons. The van der Waals surface area contributed by atoms with E-state index >= 15 is 0 Å². The van der Waals surface area contributed by atoms with Crippen molar-refractivity contribution < 1.29 is 9.59 Å². The zero-order valence-electron chi connectivity index (χ0n) is 15.7. The fraction of sp³-hybridized carbons (Fsp3) is 0.556. The van der Waals surface area contributed by atoms with E-state index in [4.69, 9.17) is 0 Å². The number of rotatable bonds is 5. The van der Waals surface area contributed by atoms with Crippen molar-refractivity contribution >= 4 is 34.2 Å². The Hall–Kier alpha value is -2.62. The van der Waals surface area contributed by atoms with Gasteiger partial charge in [-0.2, -0.15) is 0 Å². The molecule has 10 heteroatoms. The van der Waals surface area contributed by atoms with Gasteiger partial charge in [-0.15, -0.1) is 10.2 Å².